The molecule has 4 amide bonds. The van der Waals surface area contributed by atoms with Crippen molar-refractivity contribution in [1.82, 2.24) is 5.32 Å². The van der Waals surface area contributed by atoms with E-state index in [9.17, 15) is 23.2 Å². The Morgan fingerprint density at radius 2 is 1.77 bits per heavy atom. The second-order valence-corrected chi connectivity index (χ2v) is 7.29. The van der Waals surface area contributed by atoms with Crippen molar-refractivity contribution in [2.45, 2.75) is 19.8 Å². The van der Waals surface area contributed by atoms with E-state index in [0.29, 0.717) is 21.7 Å². The molecule has 1 N–H and O–H groups in total. The van der Waals surface area contributed by atoms with E-state index >= 15 is 0 Å². The van der Waals surface area contributed by atoms with Gasteiger partial charge in [0.1, 0.15) is 17.2 Å². The fraction of sp³-hybridized carbons (Fsp3) is 0.227. The number of carbonyl (C=O) groups is 3. The molecule has 0 saturated carbocycles. The van der Waals surface area contributed by atoms with Crippen LogP contribution in [0.5, 0.6) is 0 Å². The smallest absolute Gasteiger partial charge is 0.335 e. The SMILES string of the molecule is Cc1cc(N2CCCC2)c(F)cc1C=C1C(=O)NC(=O)N(c2cccc(F)c2)C1=O. The van der Waals surface area contributed by atoms with Gasteiger partial charge in [-0.3, -0.25) is 14.9 Å². The maximum atomic E-state index is 14.7. The maximum Gasteiger partial charge on any atom is 0.335 e. The summed E-state index contributed by atoms with van der Waals surface area (Å²) in [5.41, 5.74) is 1.17. The zero-order valence-corrected chi connectivity index (χ0v) is 16.2. The zero-order valence-electron chi connectivity index (χ0n) is 16.2. The van der Waals surface area contributed by atoms with Crippen LogP contribution < -0.4 is 15.1 Å². The lowest BCUT2D eigenvalue weighted by Gasteiger charge is -2.26. The van der Waals surface area contributed by atoms with E-state index in [-0.39, 0.29) is 11.3 Å². The van der Waals surface area contributed by atoms with Gasteiger partial charge in [-0.05, 0) is 67.3 Å². The average molecular weight is 411 g/mol. The minimum atomic E-state index is -0.972. The minimum Gasteiger partial charge on any atom is -0.369 e. The summed E-state index contributed by atoms with van der Waals surface area (Å²) >= 11 is 0. The van der Waals surface area contributed by atoms with E-state index in [1.165, 1.54) is 30.3 Å². The topological polar surface area (TPSA) is 69.7 Å². The molecule has 0 spiro atoms. The van der Waals surface area contributed by atoms with Crippen molar-refractivity contribution < 1.29 is 23.2 Å². The molecule has 0 aromatic heterocycles. The number of rotatable bonds is 3. The summed E-state index contributed by atoms with van der Waals surface area (Å²) in [6.07, 6.45) is 3.26. The predicted molar refractivity (Wildman–Crippen MR) is 108 cm³/mol. The van der Waals surface area contributed by atoms with Crippen molar-refractivity contribution in [1.29, 1.82) is 0 Å². The standard InChI is InChI=1S/C22H19F2N3O3/c1-13-9-19(26-7-2-3-8-26)18(24)11-14(13)10-17-20(28)25-22(30)27(21(17)29)16-6-4-5-15(23)12-16/h4-6,9-12H,2-3,7-8H2,1H3,(H,25,28,30). The third-order valence-electron chi connectivity index (χ3n) is 5.25. The predicted octanol–water partition coefficient (Wildman–Crippen LogP) is 3.54. The molecule has 0 atom stereocenters. The summed E-state index contributed by atoms with van der Waals surface area (Å²) in [5.74, 6) is -2.87. The van der Waals surface area contributed by atoms with Crippen LogP contribution in [0.2, 0.25) is 0 Å². The molecule has 0 bridgehead atoms. The van der Waals surface area contributed by atoms with E-state index < -0.39 is 29.5 Å². The Kier molecular flexibility index (Phi) is 5.07. The van der Waals surface area contributed by atoms with Gasteiger partial charge in [-0.2, -0.15) is 0 Å². The number of halogens is 2. The first-order chi connectivity index (χ1) is 14.3. The highest BCUT2D eigenvalue weighted by atomic mass is 19.1. The Morgan fingerprint density at radius 3 is 2.47 bits per heavy atom. The van der Waals surface area contributed by atoms with Crippen molar-refractivity contribution in [2.24, 2.45) is 0 Å². The number of aryl methyl sites for hydroxylation is 1. The summed E-state index contributed by atoms with van der Waals surface area (Å²) < 4.78 is 28.3. The average Bonchev–Trinajstić information content (AvgIpc) is 3.22. The van der Waals surface area contributed by atoms with Gasteiger partial charge in [0.15, 0.2) is 0 Å². The van der Waals surface area contributed by atoms with Gasteiger partial charge in [0, 0.05) is 13.1 Å². The number of hydrogen-bond donors (Lipinski definition) is 1. The third-order valence-corrected chi connectivity index (χ3v) is 5.25. The van der Waals surface area contributed by atoms with Crippen molar-refractivity contribution in [3.05, 3.63) is 64.7 Å². The molecular formula is C22H19F2N3O3. The number of nitrogens with zero attached hydrogens (tertiary/aromatic N) is 2. The summed E-state index contributed by atoms with van der Waals surface area (Å²) in [6, 6.07) is 6.91. The molecule has 8 heteroatoms. The first kappa shape index (κ1) is 19.8. The quantitative estimate of drug-likeness (QED) is 0.620. The molecule has 2 aliphatic heterocycles. The highest BCUT2D eigenvalue weighted by molar-refractivity contribution is 6.39. The summed E-state index contributed by atoms with van der Waals surface area (Å²) in [7, 11) is 0. The minimum absolute atomic E-state index is 0.0109. The Balaban J connectivity index is 1.71. The van der Waals surface area contributed by atoms with Crippen molar-refractivity contribution in [2.75, 3.05) is 22.9 Å². The molecule has 2 heterocycles. The number of imide groups is 2. The molecule has 2 saturated heterocycles. The fourth-order valence-corrected chi connectivity index (χ4v) is 3.70. The Hall–Kier alpha value is -3.55. The second kappa shape index (κ2) is 7.70. The molecule has 0 radical (unpaired) electrons. The number of amides is 4. The van der Waals surface area contributed by atoms with E-state index in [1.807, 2.05) is 4.90 Å². The third kappa shape index (κ3) is 3.56. The van der Waals surface area contributed by atoms with E-state index in [4.69, 9.17) is 0 Å². The van der Waals surface area contributed by atoms with Crippen LogP contribution in [0.3, 0.4) is 0 Å². The first-order valence-corrected chi connectivity index (χ1v) is 9.57. The summed E-state index contributed by atoms with van der Waals surface area (Å²) in [5, 5.41) is 2.07. The highest BCUT2D eigenvalue weighted by Gasteiger charge is 2.37. The van der Waals surface area contributed by atoms with Gasteiger partial charge in [0.2, 0.25) is 0 Å². The second-order valence-electron chi connectivity index (χ2n) is 7.29. The van der Waals surface area contributed by atoms with Gasteiger partial charge in [-0.1, -0.05) is 6.07 Å². The Morgan fingerprint density at radius 1 is 1.03 bits per heavy atom. The van der Waals surface area contributed by atoms with Crippen LogP contribution in [0.1, 0.15) is 24.0 Å². The van der Waals surface area contributed by atoms with Crippen molar-refractivity contribution in [3.8, 4) is 0 Å². The van der Waals surface area contributed by atoms with Gasteiger partial charge < -0.3 is 4.90 Å². The lowest BCUT2D eigenvalue weighted by Crippen LogP contribution is -2.54. The lowest BCUT2D eigenvalue weighted by molar-refractivity contribution is -0.122. The van der Waals surface area contributed by atoms with Gasteiger partial charge in [0.25, 0.3) is 11.8 Å². The van der Waals surface area contributed by atoms with E-state index in [0.717, 1.165) is 32.0 Å². The molecular weight excluding hydrogens is 392 g/mol. The first-order valence-electron chi connectivity index (χ1n) is 9.57. The number of hydrogen-bond acceptors (Lipinski definition) is 4. The molecule has 2 aromatic carbocycles. The normalized spacial score (nSPS) is 18.4. The number of benzene rings is 2. The lowest BCUT2D eigenvalue weighted by atomic mass is 10.0. The van der Waals surface area contributed by atoms with E-state index in [1.54, 1.807) is 13.0 Å². The van der Waals surface area contributed by atoms with Crippen LogP contribution in [0.15, 0.2) is 42.0 Å². The molecule has 2 aliphatic rings. The molecule has 2 aromatic rings. The summed E-state index contributed by atoms with van der Waals surface area (Å²) in [4.78, 5) is 40.0. The molecule has 154 valence electrons. The van der Waals surface area contributed by atoms with Crippen LogP contribution in [0, 0.1) is 18.6 Å². The fourth-order valence-electron chi connectivity index (χ4n) is 3.70. The molecule has 0 aliphatic carbocycles. The molecule has 30 heavy (non-hydrogen) atoms. The molecule has 0 unspecified atom stereocenters. The maximum absolute atomic E-state index is 14.7. The zero-order chi connectivity index (χ0) is 21.4. The Bertz CT molecular complexity index is 1090. The van der Waals surface area contributed by atoms with Gasteiger partial charge >= 0.3 is 6.03 Å². The molecule has 4 rings (SSSR count). The Labute approximate surface area is 171 Å². The number of urea groups is 1. The van der Waals surface area contributed by atoms with Gasteiger partial charge in [-0.15, -0.1) is 0 Å². The van der Waals surface area contributed by atoms with Crippen LogP contribution in [-0.2, 0) is 9.59 Å². The van der Waals surface area contributed by atoms with Crippen LogP contribution in [-0.4, -0.2) is 30.9 Å². The molecule has 6 nitrogen and oxygen atoms in total. The number of anilines is 2. The monoisotopic (exact) mass is 411 g/mol. The summed E-state index contributed by atoms with van der Waals surface area (Å²) in [6.45, 7) is 3.32. The number of carbonyl (C=O) groups excluding carboxylic acids is 3. The van der Waals surface area contributed by atoms with Crippen LogP contribution in [0.4, 0.5) is 25.0 Å². The van der Waals surface area contributed by atoms with Gasteiger partial charge in [0.05, 0.1) is 11.4 Å². The van der Waals surface area contributed by atoms with Crippen molar-refractivity contribution in [3.63, 3.8) is 0 Å². The van der Waals surface area contributed by atoms with Crippen LogP contribution in [0.25, 0.3) is 6.08 Å². The van der Waals surface area contributed by atoms with E-state index in [2.05, 4.69) is 5.32 Å². The molecule has 2 fully saturated rings. The number of barbiturate groups is 1. The van der Waals surface area contributed by atoms with Gasteiger partial charge in [-0.25, -0.2) is 18.5 Å². The van der Waals surface area contributed by atoms with Crippen molar-refractivity contribution >= 4 is 35.3 Å². The number of nitrogens with one attached hydrogen (secondary N) is 1. The largest absolute Gasteiger partial charge is 0.369 e. The van der Waals surface area contributed by atoms with Crippen LogP contribution >= 0.6 is 0 Å². The highest BCUT2D eigenvalue weighted by Crippen LogP contribution is 2.29.